The van der Waals surface area contributed by atoms with E-state index in [1.165, 1.54) is 32.1 Å². The molecular weight excluding hydrogens is 238 g/mol. The summed E-state index contributed by atoms with van der Waals surface area (Å²) in [7, 11) is 1.97. The van der Waals surface area contributed by atoms with Gasteiger partial charge in [-0.25, -0.2) is 4.79 Å². The minimum Gasteiger partial charge on any atom is -0.330 e. The van der Waals surface area contributed by atoms with Gasteiger partial charge in [0.2, 0.25) is 0 Å². The Morgan fingerprint density at radius 1 is 1.26 bits per heavy atom. The fourth-order valence-corrected chi connectivity index (χ4v) is 3.49. The molecule has 0 bridgehead atoms. The van der Waals surface area contributed by atoms with Gasteiger partial charge in [-0.2, -0.15) is 0 Å². The monoisotopic (exact) mass is 267 g/mol. The number of hydrogen-bond acceptors (Lipinski definition) is 2. The molecule has 2 N–H and O–H groups in total. The number of likely N-dealkylation sites (N-methyl/N-ethyl adjacent to an activating group) is 1. The fourth-order valence-electron chi connectivity index (χ4n) is 3.49. The average molecular weight is 267 g/mol. The second-order valence-electron chi connectivity index (χ2n) is 7.11. The molecule has 1 aliphatic heterocycles. The molecule has 2 fully saturated rings. The molecular formula is C15H29N3O. The Balaban J connectivity index is 1.99. The molecule has 0 spiro atoms. The maximum absolute atomic E-state index is 12.4. The molecule has 1 atom stereocenters. The van der Waals surface area contributed by atoms with E-state index in [0.717, 1.165) is 13.1 Å². The lowest BCUT2D eigenvalue weighted by molar-refractivity contribution is 0.173. The quantitative estimate of drug-likeness (QED) is 0.849. The van der Waals surface area contributed by atoms with E-state index in [-0.39, 0.29) is 11.4 Å². The van der Waals surface area contributed by atoms with Gasteiger partial charge in [0, 0.05) is 20.1 Å². The lowest BCUT2D eigenvalue weighted by Crippen LogP contribution is -2.40. The van der Waals surface area contributed by atoms with Crippen LogP contribution in [0.3, 0.4) is 0 Å². The van der Waals surface area contributed by atoms with E-state index in [1.54, 1.807) is 0 Å². The minimum absolute atomic E-state index is 0.0119. The van der Waals surface area contributed by atoms with Gasteiger partial charge < -0.3 is 15.5 Å². The zero-order chi connectivity index (χ0) is 14.0. The summed E-state index contributed by atoms with van der Waals surface area (Å²) in [4.78, 5) is 16.3. The van der Waals surface area contributed by atoms with Gasteiger partial charge in [-0.05, 0) is 30.7 Å². The number of nitrogens with zero attached hydrogens (tertiary/aromatic N) is 2. The molecule has 19 heavy (non-hydrogen) atoms. The molecule has 1 saturated carbocycles. The van der Waals surface area contributed by atoms with E-state index in [0.29, 0.717) is 18.5 Å². The molecule has 4 nitrogen and oxygen atoms in total. The summed E-state index contributed by atoms with van der Waals surface area (Å²) in [5.41, 5.74) is 5.80. The average Bonchev–Trinajstić information content (AvgIpc) is 2.68. The van der Waals surface area contributed by atoms with Crippen LogP contribution in [0.1, 0.15) is 46.0 Å². The molecule has 2 rings (SSSR count). The van der Waals surface area contributed by atoms with E-state index in [1.807, 2.05) is 16.8 Å². The third-order valence-corrected chi connectivity index (χ3v) is 4.84. The third kappa shape index (κ3) is 3.22. The van der Waals surface area contributed by atoms with Crippen LogP contribution in [0.4, 0.5) is 4.79 Å². The van der Waals surface area contributed by atoms with Crippen LogP contribution in [0.5, 0.6) is 0 Å². The number of carbonyl (C=O) groups is 1. The first-order valence-electron chi connectivity index (χ1n) is 7.66. The number of amides is 2. The molecule has 0 aromatic rings. The highest BCUT2D eigenvalue weighted by Crippen LogP contribution is 2.33. The fraction of sp³-hybridized carbons (Fsp3) is 0.933. The van der Waals surface area contributed by atoms with Crippen LogP contribution in [0.25, 0.3) is 0 Å². The number of rotatable bonds is 4. The number of hydrogen-bond donors (Lipinski definition) is 1. The van der Waals surface area contributed by atoms with Gasteiger partial charge >= 0.3 is 6.03 Å². The Kier molecular flexibility index (Phi) is 4.39. The lowest BCUT2D eigenvalue weighted by atomic mass is 9.83. The van der Waals surface area contributed by atoms with E-state index >= 15 is 0 Å². The SMILES string of the molecule is CN1C(=O)N(CC(C)(C)CN)CC1C1CCCCC1. The van der Waals surface area contributed by atoms with Crippen molar-refractivity contribution in [3.8, 4) is 0 Å². The van der Waals surface area contributed by atoms with Crippen LogP contribution >= 0.6 is 0 Å². The molecule has 0 radical (unpaired) electrons. The van der Waals surface area contributed by atoms with Gasteiger partial charge in [0.1, 0.15) is 0 Å². The molecule has 1 heterocycles. The van der Waals surface area contributed by atoms with Gasteiger partial charge in [-0.1, -0.05) is 33.1 Å². The first kappa shape index (κ1) is 14.6. The Morgan fingerprint density at radius 3 is 2.47 bits per heavy atom. The first-order chi connectivity index (χ1) is 8.94. The smallest absolute Gasteiger partial charge is 0.320 e. The zero-order valence-electron chi connectivity index (χ0n) is 12.7. The Labute approximate surface area is 117 Å². The predicted molar refractivity (Wildman–Crippen MR) is 77.9 cm³/mol. The minimum atomic E-state index is 0.0119. The van der Waals surface area contributed by atoms with Crippen molar-refractivity contribution >= 4 is 6.03 Å². The van der Waals surface area contributed by atoms with E-state index in [2.05, 4.69) is 13.8 Å². The highest BCUT2D eigenvalue weighted by Gasteiger charge is 2.40. The predicted octanol–water partition coefficient (Wildman–Crippen LogP) is 2.29. The molecule has 4 heteroatoms. The normalized spacial score (nSPS) is 26.3. The third-order valence-electron chi connectivity index (χ3n) is 4.84. The maximum Gasteiger partial charge on any atom is 0.320 e. The van der Waals surface area contributed by atoms with Crippen molar-refractivity contribution in [2.75, 3.05) is 26.7 Å². The Bertz CT molecular complexity index is 323. The topological polar surface area (TPSA) is 49.6 Å². The van der Waals surface area contributed by atoms with E-state index < -0.39 is 0 Å². The largest absolute Gasteiger partial charge is 0.330 e. The first-order valence-corrected chi connectivity index (χ1v) is 7.66. The van der Waals surface area contributed by atoms with Crippen LogP contribution < -0.4 is 5.73 Å². The molecule has 2 amide bonds. The zero-order valence-corrected chi connectivity index (χ0v) is 12.7. The molecule has 0 aromatic heterocycles. The van der Waals surface area contributed by atoms with Crippen molar-refractivity contribution in [3.05, 3.63) is 0 Å². The number of nitrogens with two attached hydrogens (primary N) is 1. The molecule has 0 aromatic carbocycles. The summed E-state index contributed by atoms with van der Waals surface area (Å²) in [5, 5.41) is 0. The molecule has 1 unspecified atom stereocenters. The van der Waals surface area contributed by atoms with Crippen LogP contribution in [0.2, 0.25) is 0 Å². The number of urea groups is 1. The van der Waals surface area contributed by atoms with Gasteiger partial charge in [0.15, 0.2) is 0 Å². The van der Waals surface area contributed by atoms with Crippen molar-refractivity contribution in [1.82, 2.24) is 9.80 Å². The second-order valence-corrected chi connectivity index (χ2v) is 7.11. The highest BCUT2D eigenvalue weighted by atomic mass is 16.2. The van der Waals surface area contributed by atoms with Crippen molar-refractivity contribution < 1.29 is 4.79 Å². The standard InChI is InChI=1S/C15H29N3O/c1-15(2,10-16)11-18-9-13(17(3)14(18)19)12-7-5-4-6-8-12/h12-13H,4-11,16H2,1-3H3. The summed E-state index contributed by atoms with van der Waals surface area (Å²) in [6, 6.07) is 0.610. The van der Waals surface area contributed by atoms with Gasteiger partial charge in [-0.3, -0.25) is 0 Å². The number of carbonyl (C=O) groups excluding carboxylic acids is 1. The highest BCUT2D eigenvalue weighted by molar-refractivity contribution is 5.77. The molecule has 1 saturated heterocycles. The van der Waals surface area contributed by atoms with Crippen LogP contribution in [-0.2, 0) is 0 Å². The van der Waals surface area contributed by atoms with Crippen LogP contribution in [0, 0.1) is 11.3 Å². The van der Waals surface area contributed by atoms with Crippen molar-refractivity contribution in [1.29, 1.82) is 0 Å². The summed E-state index contributed by atoms with van der Waals surface area (Å²) in [6.07, 6.45) is 6.60. The summed E-state index contributed by atoms with van der Waals surface area (Å²) >= 11 is 0. The van der Waals surface area contributed by atoms with Gasteiger partial charge in [0.05, 0.1) is 6.04 Å². The Morgan fingerprint density at radius 2 is 1.89 bits per heavy atom. The van der Waals surface area contributed by atoms with E-state index in [4.69, 9.17) is 5.73 Å². The second kappa shape index (κ2) is 5.70. The maximum atomic E-state index is 12.4. The molecule has 110 valence electrons. The summed E-state index contributed by atoms with van der Waals surface area (Å²) < 4.78 is 0. The Hall–Kier alpha value is -0.770. The van der Waals surface area contributed by atoms with Crippen molar-refractivity contribution in [3.63, 3.8) is 0 Å². The van der Waals surface area contributed by atoms with E-state index in [9.17, 15) is 4.79 Å². The van der Waals surface area contributed by atoms with Crippen LogP contribution in [0.15, 0.2) is 0 Å². The molecule has 2 aliphatic rings. The summed E-state index contributed by atoms with van der Waals surface area (Å²) in [6.45, 7) is 6.55. The lowest BCUT2D eigenvalue weighted by Gasteiger charge is -2.30. The van der Waals surface area contributed by atoms with Crippen molar-refractivity contribution in [2.45, 2.75) is 52.0 Å². The summed E-state index contributed by atoms with van der Waals surface area (Å²) in [5.74, 6) is 0.702. The van der Waals surface area contributed by atoms with Crippen molar-refractivity contribution in [2.24, 2.45) is 17.1 Å². The van der Waals surface area contributed by atoms with Gasteiger partial charge in [-0.15, -0.1) is 0 Å². The van der Waals surface area contributed by atoms with Gasteiger partial charge in [0.25, 0.3) is 0 Å². The molecule has 1 aliphatic carbocycles. The van der Waals surface area contributed by atoms with Crippen LogP contribution in [-0.4, -0.2) is 48.6 Å².